The number of rotatable bonds is 8. The molecule has 5 heteroatoms. The highest BCUT2D eigenvalue weighted by Gasteiger charge is 2.32. The number of nitrogens with zero attached hydrogens (tertiary/aromatic N) is 1. The molecule has 0 unspecified atom stereocenters. The van der Waals surface area contributed by atoms with Crippen molar-refractivity contribution in [3.63, 3.8) is 0 Å². The maximum absolute atomic E-state index is 13.6. The molecule has 1 amide bonds. The second kappa shape index (κ2) is 11.2. The number of piperidine rings is 1. The van der Waals surface area contributed by atoms with Crippen LogP contribution in [0, 0.1) is 13.8 Å². The Morgan fingerprint density at radius 3 is 2.61 bits per heavy atom. The normalized spacial score (nSPS) is 18.9. The number of hydrogen-bond donors (Lipinski definition) is 1. The average molecular weight is 485 g/mol. The first-order valence-electron chi connectivity index (χ1n) is 13.1. The van der Waals surface area contributed by atoms with Crippen LogP contribution in [0.2, 0.25) is 0 Å². The fourth-order valence-electron chi connectivity index (χ4n) is 5.56. The number of ether oxygens (including phenoxy) is 2. The van der Waals surface area contributed by atoms with E-state index in [4.69, 9.17) is 9.47 Å². The first-order valence-corrected chi connectivity index (χ1v) is 13.1. The molecule has 2 bridgehead atoms. The third kappa shape index (κ3) is 5.90. The summed E-state index contributed by atoms with van der Waals surface area (Å²) in [5.74, 6) is 1.98. The van der Waals surface area contributed by atoms with Crippen molar-refractivity contribution in [2.75, 3.05) is 19.9 Å². The summed E-state index contributed by atoms with van der Waals surface area (Å²) in [5, 5.41) is 3.78. The molecule has 2 heterocycles. The highest BCUT2D eigenvalue weighted by Crippen LogP contribution is 2.29. The number of aryl methyl sites for hydroxylation is 3. The van der Waals surface area contributed by atoms with Gasteiger partial charge < -0.3 is 19.7 Å². The van der Waals surface area contributed by atoms with Gasteiger partial charge >= 0.3 is 0 Å². The minimum atomic E-state index is 0.155. The predicted molar refractivity (Wildman–Crippen MR) is 143 cm³/mol. The Hall–Kier alpha value is -3.31. The number of fused-ring (bicyclic) bond motifs is 2. The number of amides is 1. The first kappa shape index (κ1) is 24.4. The number of carbonyl (C=O) groups is 1. The third-order valence-corrected chi connectivity index (χ3v) is 7.29. The third-order valence-electron chi connectivity index (χ3n) is 7.29. The van der Waals surface area contributed by atoms with E-state index in [2.05, 4.69) is 60.5 Å². The zero-order chi connectivity index (χ0) is 24.9. The molecule has 1 fully saturated rings. The van der Waals surface area contributed by atoms with E-state index < -0.39 is 0 Å². The Morgan fingerprint density at radius 1 is 1.00 bits per heavy atom. The summed E-state index contributed by atoms with van der Waals surface area (Å²) in [4.78, 5) is 15.7. The van der Waals surface area contributed by atoms with Crippen LogP contribution in [-0.4, -0.2) is 42.8 Å². The molecule has 0 spiro atoms. The Labute approximate surface area is 214 Å². The monoisotopic (exact) mass is 484 g/mol. The van der Waals surface area contributed by atoms with E-state index in [1.807, 2.05) is 30.3 Å². The van der Waals surface area contributed by atoms with Crippen molar-refractivity contribution in [3.8, 4) is 11.5 Å². The van der Waals surface area contributed by atoms with Gasteiger partial charge in [-0.2, -0.15) is 0 Å². The predicted octanol–water partition coefficient (Wildman–Crippen LogP) is 5.47. The van der Waals surface area contributed by atoms with Crippen LogP contribution in [0.1, 0.15) is 51.9 Å². The van der Waals surface area contributed by atoms with Crippen molar-refractivity contribution in [3.05, 3.63) is 94.5 Å². The van der Waals surface area contributed by atoms with Crippen molar-refractivity contribution in [2.24, 2.45) is 0 Å². The Morgan fingerprint density at radius 2 is 1.81 bits per heavy atom. The molecule has 2 aliphatic rings. The molecular weight excluding hydrogens is 448 g/mol. The smallest absolute Gasteiger partial charge is 0.254 e. The molecule has 36 heavy (non-hydrogen) atoms. The van der Waals surface area contributed by atoms with Gasteiger partial charge in [0.2, 0.25) is 6.79 Å². The van der Waals surface area contributed by atoms with Gasteiger partial charge in [0.1, 0.15) is 11.5 Å². The zero-order valence-corrected chi connectivity index (χ0v) is 21.3. The molecule has 1 N–H and O–H groups in total. The second-order valence-corrected chi connectivity index (χ2v) is 10.2. The molecule has 5 nitrogen and oxygen atoms in total. The van der Waals surface area contributed by atoms with Crippen LogP contribution < -0.4 is 14.8 Å². The number of benzene rings is 3. The van der Waals surface area contributed by atoms with Gasteiger partial charge in [-0.3, -0.25) is 4.79 Å². The summed E-state index contributed by atoms with van der Waals surface area (Å²) in [5.41, 5.74) is 5.59. The summed E-state index contributed by atoms with van der Waals surface area (Å²) < 4.78 is 11.0. The van der Waals surface area contributed by atoms with Gasteiger partial charge in [0.15, 0.2) is 0 Å². The largest absolute Gasteiger partial charge is 0.457 e. The van der Waals surface area contributed by atoms with Crippen LogP contribution in [0.4, 0.5) is 0 Å². The SMILES string of the molecule is Cc1cc(C)cc(C(=O)N2CC[C@H](NCCCc3ccc4cc3OCO4)C[C@@H]2Cc2ccccc2)c1. The van der Waals surface area contributed by atoms with Crippen LogP contribution >= 0.6 is 0 Å². The maximum atomic E-state index is 13.6. The summed E-state index contributed by atoms with van der Waals surface area (Å²) in [6.45, 7) is 6.15. The van der Waals surface area contributed by atoms with E-state index in [0.717, 1.165) is 73.4 Å². The fraction of sp³-hybridized carbons (Fsp3) is 0.387. The van der Waals surface area contributed by atoms with Gasteiger partial charge in [-0.05, 0) is 81.8 Å². The standard InChI is InChI=1S/C31H36N2O3/c1-22-15-23(2)17-26(16-22)31(34)33-14-12-27(19-28(33)18-24-7-4-3-5-8-24)32-13-6-9-25-10-11-29-20-30(25)36-21-35-29/h3-5,7-8,10-11,15-17,20,27-28,32H,6,9,12-14,18-19,21H2,1-2H3/t27-,28-/m0/s1. The topological polar surface area (TPSA) is 50.8 Å². The summed E-state index contributed by atoms with van der Waals surface area (Å²) in [6, 6.07) is 23.4. The Kier molecular flexibility index (Phi) is 7.57. The van der Waals surface area contributed by atoms with E-state index in [1.165, 1.54) is 11.1 Å². The van der Waals surface area contributed by atoms with E-state index >= 15 is 0 Å². The maximum Gasteiger partial charge on any atom is 0.254 e. The van der Waals surface area contributed by atoms with Crippen LogP contribution in [-0.2, 0) is 12.8 Å². The average Bonchev–Trinajstić information content (AvgIpc) is 2.88. The molecule has 3 aromatic rings. The lowest BCUT2D eigenvalue weighted by molar-refractivity contribution is 0.0577. The van der Waals surface area contributed by atoms with Gasteiger partial charge in [-0.15, -0.1) is 0 Å². The van der Waals surface area contributed by atoms with Gasteiger partial charge in [-0.1, -0.05) is 53.6 Å². The lowest BCUT2D eigenvalue weighted by Crippen LogP contribution is -2.52. The first-order chi connectivity index (χ1) is 17.5. The Bertz CT molecular complexity index is 1170. The molecule has 3 aromatic carbocycles. The number of nitrogens with one attached hydrogen (secondary N) is 1. The molecule has 5 rings (SSSR count). The fourth-order valence-corrected chi connectivity index (χ4v) is 5.56. The number of hydrogen-bond acceptors (Lipinski definition) is 4. The van der Waals surface area contributed by atoms with Crippen molar-refractivity contribution >= 4 is 5.91 Å². The molecule has 0 aromatic heterocycles. The van der Waals surface area contributed by atoms with Crippen LogP contribution in [0.15, 0.2) is 66.7 Å². The number of likely N-dealkylation sites (tertiary alicyclic amines) is 1. The highest BCUT2D eigenvalue weighted by atomic mass is 16.7. The molecule has 1 saturated heterocycles. The minimum absolute atomic E-state index is 0.155. The molecule has 2 atom stereocenters. The van der Waals surface area contributed by atoms with E-state index in [1.54, 1.807) is 0 Å². The second-order valence-electron chi connectivity index (χ2n) is 10.2. The molecule has 0 radical (unpaired) electrons. The summed E-state index contributed by atoms with van der Waals surface area (Å²) in [7, 11) is 0. The van der Waals surface area contributed by atoms with Crippen molar-refractivity contribution < 1.29 is 14.3 Å². The van der Waals surface area contributed by atoms with Gasteiger partial charge in [0, 0.05) is 30.3 Å². The number of carbonyl (C=O) groups excluding carboxylic acids is 1. The van der Waals surface area contributed by atoms with Crippen molar-refractivity contribution in [2.45, 2.75) is 58.0 Å². The molecular formula is C31H36N2O3. The van der Waals surface area contributed by atoms with E-state index in [0.29, 0.717) is 12.8 Å². The van der Waals surface area contributed by atoms with Crippen molar-refractivity contribution in [1.29, 1.82) is 0 Å². The summed E-state index contributed by atoms with van der Waals surface area (Å²) in [6.07, 6.45) is 4.83. The van der Waals surface area contributed by atoms with E-state index in [9.17, 15) is 4.79 Å². The quantitative estimate of drug-likeness (QED) is 0.431. The summed E-state index contributed by atoms with van der Waals surface area (Å²) >= 11 is 0. The zero-order valence-electron chi connectivity index (χ0n) is 21.3. The molecule has 0 saturated carbocycles. The van der Waals surface area contributed by atoms with E-state index in [-0.39, 0.29) is 11.9 Å². The van der Waals surface area contributed by atoms with Crippen molar-refractivity contribution in [1.82, 2.24) is 10.2 Å². The van der Waals surface area contributed by atoms with Gasteiger partial charge in [0.25, 0.3) is 5.91 Å². The lowest BCUT2D eigenvalue weighted by Gasteiger charge is -2.40. The van der Waals surface area contributed by atoms with Gasteiger partial charge in [-0.25, -0.2) is 0 Å². The van der Waals surface area contributed by atoms with Crippen LogP contribution in [0.5, 0.6) is 11.5 Å². The van der Waals surface area contributed by atoms with Gasteiger partial charge in [0.05, 0.1) is 0 Å². The van der Waals surface area contributed by atoms with Crippen LogP contribution in [0.25, 0.3) is 0 Å². The minimum Gasteiger partial charge on any atom is -0.457 e. The molecule has 2 aliphatic heterocycles. The highest BCUT2D eigenvalue weighted by molar-refractivity contribution is 5.95. The molecule has 0 aliphatic carbocycles. The van der Waals surface area contributed by atoms with Crippen LogP contribution in [0.3, 0.4) is 0 Å². The molecule has 188 valence electrons. The lowest BCUT2D eigenvalue weighted by atomic mass is 9.91. The Balaban J connectivity index is 1.21.